The van der Waals surface area contributed by atoms with E-state index in [9.17, 15) is 19.7 Å². The molecule has 0 spiro atoms. The highest BCUT2D eigenvalue weighted by atomic mass is 33.1. The molecule has 0 heterocycles. The molecule has 0 bridgehead atoms. The van der Waals surface area contributed by atoms with Crippen molar-refractivity contribution in [1.82, 2.24) is 5.32 Å². The monoisotopic (exact) mass is 370 g/mol. The number of carbonyl (C=O) groups excluding carboxylic acids is 1. The lowest BCUT2D eigenvalue weighted by atomic mass is 10.1. The number of non-ortho nitro benzene ring substituents is 1. The third-order valence-corrected chi connectivity index (χ3v) is 6.01. The van der Waals surface area contributed by atoms with E-state index in [4.69, 9.17) is 5.11 Å². The molecule has 0 radical (unpaired) electrons. The lowest BCUT2D eigenvalue weighted by Crippen LogP contribution is -2.27. The van der Waals surface area contributed by atoms with Crippen LogP contribution < -0.4 is 5.32 Å². The highest BCUT2D eigenvalue weighted by molar-refractivity contribution is 8.76. The standard InChI is InChI=1S/C15H18N2O5S2/c18-14(19)4-6-23-24-7-5-16-15(20)13-9-12(13)10-2-1-3-11(8-10)17(21)22/h1-3,8,12-13H,4-7,9H2,(H,16,20)(H,18,19). The SMILES string of the molecule is O=C(O)CCSSCCNC(=O)C1CC1c1cccc([N+](=O)[O-])c1. The van der Waals surface area contributed by atoms with Gasteiger partial charge in [0.2, 0.25) is 5.91 Å². The number of hydrogen-bond acceptors (Lipinski definition) is 6. The molecule has 2 unspecified atom stereocenters. The van der Waals surface area contributed by atoms with Crippen LogP contribution >= 0.6 is 21.6 Å². The summed E-state index contributed by atoms with van der Waals surface area (Å²) >= 11 is 0. The molecule has 130 valence electrons. The van der Waals surface area contributed by atoms with Gasteiger partial charge >= 0.3 is 5.97 Å². The number of aliphatic carboxylic acids is 1. The molecule has 0 aliphatic heterocycles. The second-order valence-electron chi connectivity index (χ2n) is 5.38. The molecule has 1 aromatic carbocycles. The lowest BCUT2D eigenvalue weighted by molar-refractivity contribution is -0.384. The first-order valence-corrected chi connectivity index (χ1v) is 9.96. The van der Waals surface area contributed by atoms with Gasteiger partial charge in [-0.2, -0.15) is 0 Å². The second kappa shape index (κ2) is 8.93. The fourth-order valence-corrected chi connectivity index (χ4v) is 4.20. The molecule has 2 atom stereocenters. The van der Waals surface area contributed by atoms with Crippen molar-refractivity contribution in [3.05, 3.63) is 39.9 Å². The Morgan fingerprint density at radius 3 is 2.79 bits per heavy atom. The Bertz CT molecular complexity index is 626. The molecule has 1 aliphatic carbocycles. The number of hydrogen-bond donors (Lipinski definition) is 2. The van der Waals surface area contributed by atoms with Gasteiger partial charge in [0.1, 0.15) is 0 Å². The zero-order chi connectivity index (χ0) is 17.5. The minimum absolute atomic E-state index is 0.0253. The van der Waals surface area contributed by atoms with Gasteiger partial charge in [-0.15, -0.1) is 0 Å². The minimum atomic E-state index is -0.808. The number of carboxylic acid groups (broad SMARTS) is 1. The number of nitrogens with one attached hydrogen (secondary N) is 1. The van der Waals surface area contributed by atoms with E-state index in [-0.39, 0.29) is 29.9 Å². The Balaban J connectivity index is 1.66. The number of carboxylic acids is 1. The second-order valence-corrected chi connectivity index (χ2v) is 8.08. The summed E-state index contributed by atoms with van der Waals surface area (Å²) in [6.45, 7) is 0.529. The van der Waals surface area contributed by atoms with Gasteiger partial charge in [0.15, 0.2) is 0 Å². The Morgan fingerprint density at radius 1 is 1.33 bits per heavy atom. The van der Waals surface area contributed by atoms with Gasteiger partial charge in [0.25, 0.3) is 5.69 Å². The number of benzene rings is 1. The van der Waals surface area contributed by atoms with Crippen LogP contribution in [0.15, 0.2) is 24.3 Å². The molecule has 1 saturated carbocycles. The summed E-state index contributed by atoms with van der Waals surface area (Å²) in [4.78, 5) is 32.8. The van der Waals surface area contributed by atoms with Crippen molar-refractivity contribution in [2.24, 2.45) is 5.92 Å². The van der Waals surface area contributed by atoms with E-state index in [0.29, 0.717) is 24.5 Å². The summed E-state index contributed by atoms with van der Waals surface area (Å²) in [5.74, 6) is 0.370. The maximum atomic E-state index is 12.0. The summed E-state index contributed by atoms with van der Waals surface area (Å²) < 4.78 is 0. The van der Waals surface area contributed by atoms with Crippen LogP contribution in [-0.4, -0.2) is 40.0 Å². The molecule has 0 aromatic heterocycles. The molecule has 9 heteroatoms. The van der Waals surface area contributed by atoms with Crippen LogP contribution in [0.5, 0.6) is 0 Å². The van der Waals surface area contributed by atoms with Gasteiger partial charge in [0.05, 0.1) is 11.3 Å². The van der Waals surface area contributed by atoms with E-state index in [1.54, 1.807) is 6.07 Å². The smallest absolute Gasteiger partial charge is 0.304 e. The van der Waals surface area contributed by atoms with Gasteiger partial charge in [-0.05, 0) is 17.9 Å². The van der Waals surface area contributed by atoms with Crippen LogP contribution in [0, 0.1) is 16.0 Å². The molecule has 7 nitrogen and oxygen atoms in total. The average Bonchev–Trinajstić information content (AvgIpc) is 3.34. The van der Waals surface area contributed by atoms with E-state index in [2.05, 4.69) is 5.32 Å². The van der Waals surface area contributed by atoms with Gasteiger partial charge < -0.3 is 10.4 Å². The number of carbonyl (C=O) groups is 2. The van der Waals surface area contributed by atoms with Crippen LogP contribution in [0.3, 0.4) is 0 Å². The molecule has 1 aromatic rings. The quantitative estimate of drug-likeness (QED) is 0.282. The van der Waals surface area contributed by atoms with E-state index in [0.717, 1.165) is 5.56 Å². The molecular weight excluding hydrogens is 352 g/mol. The van der Waals surface area contributed by atoms with E-state index in [1.165, 1.54) is 33.7 Å². The Kier molecular flexibility index (Phi) is 6.92. The average molecular weight is 370 g/mol. The van der Waals surface area contributed by atoms with Crippen molar-refractivity contribution in [1.29, 1.82) is 0 Å². The normalized spacial score (nSPS) is 18.8. The van der Waals surface area contributed by atoms with E-state index >= 15 is 0 Å². The highest BCUT2D eigenvalue weighted by Gasteiger charge is 2.44. The number of nitro groups is 1. The van der Waals surface area contributed by atoms with Crippen molar-refractivity contribution in [3.63, 3.8) is 0 Å². The molecule has 0 saturated heterocycles. The van der Waals surface area contributed by atoms with Crippen LogP contribution in [0.2, 0.25) is 0 Å². The van der Waals surface area contributed by atoms with Crippen LogP contribution in [-0.2, 0) is 9.59 Å². The third-order valence-electron chi connectivity index (χ3n) is 3.60. The van der Waals surface area contributed by atoms with Gasteiger partial charge in [-0.1, -0.05) is 33.7 Å². The zero-order valence-corrected chi connectivity index (χ0v) is 14.5. The Morgan fingerprint density at radius 2 is 2.08 bits per heavy atom. The first kappa shape index (κ1) is 18.6. The lowest BCUT2D eigenvalue weighted by Gasteiger charge is -2.05. The fourth-order valence-electron chi connectivity index (χ4n) is 2.32. The first-order chi connectivity index (χ1) is 11.5. The van der Waals surface area contributed by atoms with Gasteiger partial charge in [-0.3, -0.25) is 19.7 Å². The van der Waals surface area contributed by atoms with Crippen molar-refractivity contribution in [2.75, 3.05) is 18.1 Å². The van der Waals surface area contributed by atoms with Crippen molar-refractivity contribution < 1.29 is 19.6 Å². The summed E-state index contributed by atoms with van der Waals surface area (Å²) in [6.07, 6.45) is 0.852. The summed E-state index contributed by atoms with van der Waals surface area (Å²) in [5, 5.41) is 22.2. The third kappa shape index (κ3) is 5.72. The van der Waals surface area contributed by atoms with Crippen molar-refractivity contribution in [3.8, 4) is 0 Å². The summed E-state index contributed by atoms with van der Waals surface area (Å²) in [7, 11) is 3.02. The number of rotatable bonds is 10. The summed E-state index contributed by atoms with van der Waals surface area (Å²) in [6, 6.07) is 6.44. The number of nitrogens with zero attached hydrogens (tertiary/aromatic N) is 1. The van der Waals surface area contributed by atoms with E-state index < -0.39 is 10.9 Å². The van der Waals surface area contributed by atoms with E-state index in [1.807, 2.05) is 6.07 Å². The molecule has 2 N–H and O–H groups in total. The number of nitro benzene ring substituents is 1. The van der Waals surface area contributed by atoms with Crippen molar-refractivity contribution in [2.45, 2.75) is 18.8 Å². The number of amides is 1. The Hall–Kier alpha value is -1.74. The van der Waals surface area contributed by atoms with Gasteiger partial charge in [0, 0.05) is 36.1 Å². The van der Waals surface area contributed by atoms with Crippen LogP contribution in [0.25, 0.3) is 0 Å². The Labute approximate surface area is 147 Å². The fraction of sp³-hybridized carbons (Fsp3) is 0.467. The molecule has 1 fully saturated rings. The molecule has 2 rings (SSSR count). The minimum Gasteiger partial charge on any atom is -0.481 e. The molecule has 24 heavy (non-hydrogen) atoms. The molecular formula is C15H18N2O5S2. The predicted octanol–water partition coefficient (Wildman–Crippen LogP) is 2.67. The topological polar surface area (TPSA) is 110 Å². The van der Waals surface area contributed by atoms with Crippen LogP contribution in [0.1, 0.15) is 24.3 Å². The summed E-state index contributed by atoms with van der Waals surface area (Å²) in [5.41, 5.74) is 0.885. The maximum Gasteiger partial charge on any atom is 0.304 e. The maximum absolute atomic E-state index is 12.0. The first-order valence-electron chi connectivity index (χ1n) is 7.47. The largest absolute Gasteiger partial charge is 0.481 e. The predicted molar refractivity (Wildman–Crippen MR) is 94.1 cm³/mol. The zero-order valence-electron chi connectivity index (χ0n) is 12.8. The van der Waals surface area contributed by atoms with Crippen molar-refractivity contribution >= 4 is 39.2 Å². The highest BCUT2D eigenvalue weighted by Crippen LogP contribution is 2.48. The van der Waals surface area contributed by atoms with Gasteiger partial charge in [-0.25, -0.2) is 0 Å². The molecule has 1 amide bonds. The molecule has 1 aliphatic rings. The van der Waals surface area contributed by atoms with Crippen LogP contribution in [0.4, 0.5) is 5.69 Å².